The summed E-state index contributed by atoms with van der Waals surface area (Å²) in [7, 11) is 1.59. The lowest BCUT2D eigenvalue weighted by molar-refractivity contribution is -0.139. The zero-order chi connectivity index (χ0) is 11.7. The zero-order valence-corrected chi connectivity index (χ0v) is 9.63. The molecule has 0 aliphatic heterocycles. The molecule has 5 nitrogen and oxygen atoms in total. The standard InChI is InChI=1S/C10H20N2O3/c1-8(2)7-12-10(14)9(13)11-5-4-6-15-3/h8H,4-7H2,1-3H3,(H,11,13)(H,12,14). The lowest BCUT2D eigenvalue weighted by Crippen LogP contribution is -2.41. The third-order valence-corrected chi connectivity index (χ3v) is 1.69. The van der Waals surface area contributed by atoms with Crippen LogP contribution in [0.2, 0.25) is 0 Å². The van der Waals surface area contributed by atoms with Gasteiger partial charge in [-0.15, -0.1) is 0 Å². The molecule has 0 aromatic carbocycles. The minimum atomic E-state index is -0.577. The van der Waals surface area contributed by atoms with Gasteiger partial charge in [-0.1, -0.05) is 13.8 Å². The van der Waals surface area contributed by atoms with Crippen molar-refractivity contribution < 1.29 is 14.3 Å². The first-order valence-electron chi connectivity index (χ1n) is 5.13. The molecule has 0 saturated carbocycles. The zero-order valence-electron chi connectivity index (χ0n) is 9.63. The van der Waals surface area contributed by atoms with E-state index >= 15 is 0 Å². The summed E-state index contributed by atoms with van der Waals surface area (Å²) in [4.78, 5) is 22.3. The molecule has 0 aliphatic carbocycles. The van der Waals surface area contributed by atoms with Gasteiger partial charge < -0.3 is 15.4 Å². The Hall–Kier alpha value is -1.10. The van der Waals surface area contributed by atoms with Crippen LogP contribution in [0.4, 0.5) is 0 Å². The van der Waals surface area contributed by atoms with Gasteiger partial charge in [-0.3, -0.25) is 9.59 Å². The first kappa shape index (κ1) is 13.9. The van der Waals surface area contributed by atoms with Crippen LogP contribution >= 0.6 is 0 Å². The molecule has 0 aliphatic rings. The first-order valence-corrected chi connectivity index (χ1v) is 5.13. The van der Waals surface area contributed by atoms with E-state index in [1.165, 1.54) is 0 Å². The fraction of sp³-hybridized carbons (Fsp3) is 0.800. The molecule has 0 atom stereocenters. The Morgan fingerprint density at radius 1 is 1.20 bits per heavy atom. The molecular weight excluding hydrogens is 196 g/mol. The van der Waals surface area contributed by atoms with Crippen molar-refractivity contribution in [3.63, 3.8) is 0 Å². The fourth-order valence-corrected chi connectivity index (χ4v) is 0.876. The fourth-order valence-electron chi connectivity index (χ4n) is 0.876. The van der Waals surface area contributed by atoms with Crippen molar-refractivity contribution >= 4 is 11.8 Å². The molecule has 0 radical (unpaired) electrons. The smallest absolute Gasteiger partial charge is 0.309 e. The van der Waals surface area contributed by atoms with Gasteiger partial charge in [0.2, 0.25) is 0 Å². The summed E-state index contributed by atoms with van der Waals surface area (Å²) in [6, 6.07) is 0. The van der Waals surface area contributed by atoms with Gasteiger partial charge in [0.25, 0.3) is 0 Å². The number of rotatable bonds is 6. The molecule has 15 heavy (non-hydrogen) atoms. The van der Waals surface area contributed by atoms with Gasteiger partial charge in [0, 0.05) is 26.8 Å². The van der Waals surface area contributed by atoms with E-state index < -0.39 is 11.8 Å². The lowest BCUT2D eigenvalue weighted by Gasteiger charge is -2.07. The van der Waals surface area contributed by atoms with Gasteiger partial charge in [-0.25, -0.2) is 0 Å². The highest BCUT2D eigenvalue weighted by atomic mass is 16.5. The Labute approximate surface area is 90.6 Å². The topological polar surface area (TPSA) is 67.4 Å². The van der Waals surface area contributed by atoms with Crippen molar-refractivity contribution in [3.8, 4) is 0 Å². The second-order valence-electron chi connectivity index (χ2n) is 3.71. The van der Waals surface area contributed by atoms with Gasteiger partial charge in [0.05, 0.1) is 0 Å². The summed E-state index contributed by atoms with van der Waals surface area (Å²) in [6.07, 6.45) is 0.708. The normalized spacial score (nSPS) is 10.1. The summed E-state index contributed by atoms with van der Waals surface area (Å²) in [6.45, 7) is 5.49. The quantitative estimate of drug-likeness (QED) is 0.482. The second-order valence-corrected chi connectivity index (χ2v) is 3.71. The monoisotopic (exact) mass is 216 g/mol. The van der Waals surface area contributed by atoms with Crippen LogP contribution in [0.5, 0.6) is 0 Å². The molecule has 0 heterocycles. The highest BCUT2D eigenvalue weighted by Crippen LogP contribution is 1.86. The molecule has 0 saturated heterocycles. The number of hydrogen-bond donors (Lipinski definition) is 2. The lowest BCUT2D eigenvalue weighted by atomic mass is 10.2. The molecule has 0 unspecified atom stereocenters. The predicted octanol–water partition coefficient (Wildman–Crippen LogP) is -0.0887. The van der Waals surface area contributed by atoms with Crippen LogP contribution in [0.1, 0.15) is 20.3 Å². The number of nitrogens with one attached hydrogen (secondary N) is 2. The van der Waals surface area contributed by atoms with E-state index in [4.69, 9.17) is 4.74 Å². The predicted molar refractivity (Wildman–Crippen MR) is 57.4 cm³/mol. The van der Waals surface area contributed by atoms with Crippen molar-refractivity contribution in [1.82, 2.24) is 10.6 Å². The van der Waals surface area contributed by atoms with E-state index in [1.807, 2.05) is 13.8 Å². The molecule has 0 bridgehead atoms. The maximum Gasteiger partial charge on any atom is 0.309 e. The highest BCUT2D eigenvalue weighted by molar-refractivity contribution is 6.35. The van der Waals surface area contributed by atoms with Crippen LogP contribution in [-0.2, 0) is 14.3 Å². The molecule has 0 rings (SSSR count). The van der Waals surface area contributed by atoms with Gasteiger partial charge in [-0.05, 0) is 12.3 Å². The van der Waals surface area contributed by atoms with Crippen LogP contribution in [0.25, 0.3) is 0 Å². The molecule has 88 valence electrons. The van der Waals surface area contributed by atoms with E-state index in [-0.39, 0.29) is 0 Å². The highest BCUT2D eigenvalue weighted by Gasteiger charge is 2.11. The SMILES string of the molecule is COCCCNC(=O)C(=O)NCC(C)C. The van der Waals surface area contributed by atoms with Crippen molar-refractivity contribution in [1.29, 1.82) is 0 Å². The van der Waals surface area contributed by atoms with E-state index in [2.05, 4.69) is 10.6 Å². The van der Waals surface area contributed by atoms with Crippen LogP contribution in [0, 0.1) is 5.92 Å². The second kappa shape index (κ2) is 8.23. The number of carbonyl (C=O) groups is 2. The third kappa shape index (κ3) is 7.93. The van der Waals surface area contributed by atoms with Gasteiger partial charge in [0.15, 0.2) is 0 Å². The molecule has 5 heteroatoms. The van der Waals surface area contributed by atoms with E-state index in [0.717, 1.165) is 0 Å². The molecule has 0 aromatic heterocycles. The Morgan fingerprint density at radius 3 is 2.33 bits per heavy atom. The van der Waals surface area contributed by atoms with Crippen molar-refractivity contribution in [2.75, 3.05) is 26.8 Å². The molecular formula is C10H20N2O3. The van der Waals surface area contributed by atoms with E-state index in [0.29, 0.717) is 32.0 Å². The van der Waals surface area contributed by atoms with Crippen molar-refractivity contribution in [2.24, 2.45) is 5.92 Å². The van der Waals surface area contributed by atoms with Gasteiger partial charge >= 0.3 is 11.8 Å². The minimum Gasteiger partial charge on any atom is -0.385 e. The maximum atomic E-state index is 11.2. The van der Waals surface area contributed by atoms with Gasteiger partial charge in [-0.2, -0.15) is 0 Å². The van der Waals surface area contributed by atoms with Crippen LogP contribution in [0.3, 0.4) is 0 Å². The molecule has 2 N–H and O–H groups in total. The number of hydrogen-bond acceptors (Lipinski definition) is 3. The summed E-state index contributed by atoms with van der Waals surface area (Å²) in [5.74, 6) is -0.803. The van der Waals surface area contributed by atoms with Crippen molar-refractivity contribution in [2.45, 2.75) is 20.3 Å². The van der Waals surface area contributed by atoms with Crippen molar-refractivity contribution in [3.05, 3.63) is 0 Å². The van der Waals surface area contributed by atoms with Gasteiger partial charge in [0.1, 0.15) is 0 Å². The molecule has 0 fully saturated rings. The molecule has 0 spiro atoms. The van der Waals surface area contributed by atoms with E-state index in [1.54, 1.807) is 7.11 Å². The average molecular weight is 216 g/mol. The third-order valence-electron chi connectivity index (χ3n) is 1.69. The number of ether oxygens (including phenoxy) is 1. The maximum absolute atomic E-state index is 11.2. The molecule has 2 amide bonds. The Morgan fingerprint density at radius 2 is 1.80 bits per heavy atom. The number of carbonyl (C=O) groups excluding carboxylic acids is 2. The molecule has 0 aromatic rings. The summed E-state index contributed by atoms with van der Waals surface area (Å²) in [5, 5.41) is 5.05. The summed E-state index contributed by atoms with van der Waals surface area (Å²) in [5.41, 5.74) is 0. The average Bonchev–Trinajstić information content (AvgIpc) is 2.20. The summed E-state index contributed by atoms with van der Waals surface area (Å²) >= 11 is 0. The first-order chi connectivity index (χ1) is 7.07. The largest absolute Gasteiger partial charge is 0.385 e. The Balaban J connectivity index is 3.56. The van der Waals surface area contributed by atoms with E-state index in [9.17, 15) is 9.59 Å². The number of amides is 2. The van der Waals surface area contributed by atoms with Crippen LogP contribution in [-0.4, -0.2) is 38.6 Å². The minimum absolute atomic E-state index is 0.343. The Bertz CT molecular complexity index is 205. The van der Waals surface area contributed by atoms with Crippen LogP contribution < -0.4 is 10.6 Å². The Kier molecular flexibility index (Phi) is 7.62. The number of methoxy groups -OCH3 is 1. The summed E-state index contributed by atoms with van der Waals surface area (Å²) < 4.78 is 4.81. The van der Waals surface area contributed by atoms with Crippen LogP contribution in [0.15, 0.2) is 0 Å².